The molecule has 0 saturated heterocycles. The van der Waals surface area contributed by atoms with Gasteiger partial charge in [-0.2, -0.15) is 0 Å². The Morgan fingerprint density at radius 2 is 2.47 bits per heavy atom. The normalized spacial score (nSPS) is 12.4. The summed E-state index contributed by atoms with van der Waals surface area (Å²) in [6.07, 6.45) is 2.22. The van der Waals surface area contributed by atoms with Crippen molar-refractivity contribution in [3.63, 3.8) is 0 Å². The zero-order valence-electron chi connectivity index (χ0n) is 8.83. The largest absolute Gasteiger partial charge is 0.351 e. The molecule has 4 heteroatoms. The van der Waals surface area contributed by atoms with E-state index in [1.165, 1.54) is 11.3 Å². The summed E-state index contributed by atoms with van der Waals surface area (Å²) in [5.74, 6) is 0.631. The molecule has 0 fully saturated rings. The average Bonchev–Trinajstić information content (AvgIpc) is 2.77. The van der Waals surface area contributed by atoms with E-state index in [2.05, 4.69) is 28.2 Å². The van der Waals surface area contributed by atoms with E-state index in [1.54, 1.807) is 0 Å². The molecular weight excluding hydrogens is 274 g/mol. The summed E-state index contributed by atoms with van der Waals surface area (Å²) in [4.78, 5) is 12.4. The highest BCUT2D eigenvalue weighted by atomic mass is 79.9. The molecule has 0 aromatic carbocycles. The van der Waals surface area contributed by atoms with Crippen molar-refractivity contribution in [2.45, 2.75) is 19.8 Å². The minimum atomic E-state index is 0.0537. The fourth-order valence-corrected chi connectivity index (χ4v) is 2.62. The first-order valence-electron chi connectivity index (χ1n) is 5.15. The Morgan fingerprint density at radius 1 is 1.67 bits per heavy atom. The second-order valence-electron chi connectivity index (χ2n) is 3.44. The molecule has 1 amide bonds. The van der Waals surface area contributed by atoms with Crippen LogP contribution >= 0.6 is 27.3 Å². The fraction of sp³-hybridized carbons (Fsp3) is 0.545. The number of halogens is 1. The molecule has 2 nitrogen and oxygen atoms in total. The number of amides is 1. The Balaban J connectivity index is 2.33. The Hall–Kier alpha value is -0.350. The van der Waals surface area contributed by atoms with Crippen LogP contribution in [0.4, 0.5) is 0 Å². The molecule has 0 aliphatic heterocycles. The number of carbonyl (C=O) groups excluding carboxylic acids is 1. The molecule has 0 aliphatic rings. The zero-order chi connectivity index (χ0) is 11.1. The lowest BCUT2D eigenvalue weighted by atomic mass is 10.0. The van der Waals surface area contributed by atoms with Crippen LogP contribution in [-0.4, -0.2) is 17.8 Å². The number of carbonyl (C=O) groups is 1. The minimum Gasteiger partial charge on any atom is -0.351 e. The van der Waals surface area contributed by atoms with Gasteiger partial charge in [0, 0.05) is 11.9 Å². The van der Waals surface area contributed by atoms with Gasteiger partial charge in [-0.15, -0.1) is 11.3 Å². The zero-order valence-corrected chi connectivity index (χ0v) is 11.2. The second kappa shape index (κ2) is 7.01. The topological polar surface area (TPSA) is 29.1 Å². The minimum absolute atomic E-state index is 0.0537. The summed E-state index contributed by atoms with van der Waals surface area (Å²) in [6.45, 7) is 2.93. The van der Waals surface area contributed by atoms with Crippen molar-refractivity contribution in [3.05, 3.63) is 22.4 Å². The van der Waals surface area contributed by atoms with Crippen LogP contribution in [0, 0.1) is 5.92 Å². The van der Waals surface area contributed by atoms with Crippen molar-refractivity contribution in [3.8, 4) is 0 Å². The molecule has 15 heavy (non-hydrogen) atoms. The molecule has 0 spiro atoms. The van der Waals surface area contributed by atoms with E-state index in [9.17, 15) is 4.79 Å². The molecule has 0 bridgehead atoms. The van der Waals surface area contributed by atoms with Crippen molar-refractivity contribution >= 4 is 33.2 Å². The van der Waals surface area contributed by atoms with E-state index < -0.39 is 0 Å². The third kappa shape index (κ3) is 4.34. The van der Waals surface area contributed by atoms with Crippen LogP contribution in [0.2, 0.25) is 0 Å². The maximum Gasteiger partial charge on any atom is 0.261 e. The van der Waals surface area contributed by atoms with Crippen molar-refractivity contribution in [1.82, 2.24) is 5.32 Å². The number of alkyl halides is 1. The van der Waals surface area contributed by atoms with E-state index in [0.29, 0.717) is 5.92 Å². The standard InChI is InChI=1S/C11H16BrNOS/c1-2-9(5-6-12)8-13-11(14)10-4-3-7-15-10/h3-4,7,9H,2,5-6,8H2,1H3,(H,13,14). The van der Waals surface area contributed by atoms with Crippen LogP contribution < -0.4 is 5.32 Å². The van der Waals surface area contributed by atoms with Crippen LogP contribution in [0.25, 0.3) is 0 Å². The molecule has 1 heterocycles. The predicted molar refractivity (Wildman–Crippen MR) is 68.8 cm³/mol. The molecule has 1 rings (SSSR count). The molecule has 84 valence electrons. The van der Waals surface area contributed by atoms with Gasteiger partial charge >= 0.3 is 0 Å². The fourth-order valence-electron chi connectivity index (χ4n) is 1.34. The van der Waals surface area contributed by atoms with Gasteiger partial charge in [-0.3, -0.25) is 4.79 Å². The first-order chi connectivity index (χ1) is 7.27. The van der Waals surface area contributed by atoms with E-state index >= 15 is 0 Å². The summed E-state index contributed by atoms with van der Waals surface area (Å²) in [5.41, 5.74) is 0. The van der Waals surface area contributed by atoms with Crippen LogP contribution in [0.5, 0.6) is 0 Å². The molecule has 0 saturated carbocycles. The Labute approximate surface area is 103 Å². The van der Waals surface area contributed by atoms with E-state index in [4.69, 9.17) is 0 Å². The van der Waals surface area contributed by atoms with Crippen LogP contribution in [0.1, 0.15) is 29.4 Å². The third-order valence-electron chi connectivity index (χ3n) is 2.39. The predicted octanol–water partition coefficient (Wildman–Crippen LogP) is 3.29. The van der Waals surface area contributed by atoms with Gasteiger partial charge in [-0.25, -0.2) is 0 Å². The third-order valence-corrected chi connectivity index (χ3v) is 3.72. The highest BCUT2D eigenvalue weighted by Crippen LogP contribution is 2.11. The van der Waals surface area contributed by atoms with Gasteiger partial charge in [0.1, 0.15) is 0 Å². The first-order valence-corrected chi connectivity index (χ1v) is 7.15. The number of nitrogens with one attached hydrogen (secondary N) is 1. The number of thiophene rings is 1. The Kier molecular flexibility index (Phi) is 5.95. The van der Waals surface area contributed by atoms with Crippen molar-refractivity contribution in [2.75, 3.05) is 11.9 Å². The van der Waals surface area contributed by atoms with Crippen molar-refractivity contribution < 1.29 is 4.79 Å². The molecular formula is C11H16BrNOS. The van der Waals surface area contributed by atoms with Gasteiger partial charge in [-0.1, -0.05) is 35.3 Å². The van der Waals surface area contributed by atoms with E-state index in [-0.39, 0.29) is 5.91 Å². The SMILES string of the molecule is CCC(CCBr)CNC(=O)c1cccs1. The lowest BCUT2D eigenvalue weighted by molar-refractivity contribution is 0.0950. The summed E-state index contributed by atoms with van der Waals surface area (Å²) in [6, 6.07) is 3.75. The number of hydrogen-bond acceptors (Lipinski definition) is 2. The van der Waals surface area contributed by atoms with Gasteiger partial charge in [-0.05, 0) is 23.8 Å². The van der Waals surface area contributed by atoms with Crippen molar-refractivity contribution in [2.24, 2.45) is 5.92 Å². The quantitative estimate of drug-likeness (QED) is 0.800. The number of rotatable bonds is 6. The lowest BCUT2D eigenvalue weighted by Crippen LogP contribution is -2.28. The van der Waals surface area contributed by atoms with Crippen LogP contribution in [0.3, 0.4) is 0 Å². The maximum atomic E-state index is 11.6. The van der Waals surface area contributed by atoms with Crippen molar-refractivity contribution in [1.29, 1.82) is 0 Å². The summed E-state index contributed by atoms with van der Waals surface area (Å²) in [7, 11) is 0. The number of hydrogen-bond donors (Lipinski definition) is 1. The second-order valence-corrected chi connectivity index (χ2v) is 5.18. The summed E-state index contributed by atoms with van der Waals surface area (Å²) < 4.78 is 0. The smallest absolute Gasteiger partial charge is 0.261 e. The molecule has 1 N–H and O–H groups in total. The molecule has 1 unspecified atom stereocenters. The van der Waals surface area contributed by atoms with Gasteiger partial charge in [0.2, 0.25) is 0 Å². The van der Waals surface area contributed by atoms with E-state index in [1.807, 2.05) is 17.5 Å². The molecule has 0 aliphatic carbocycles. The molecule has 1 aromatic heterocycles. The summed E-state index contributed by atoms with van der Waals surface area (Å²) in [5, 5.41) is 5.89. The Bertz CT molecular complexity index is 287. The monoisotopic (exact) mass is 289 g/mol. The van der Waals surface area contributed by atoms with E-state index in [0.717, 1.165) is 29.6 Å². The Morgan fingerprint density at radius 3 is 3.00 bits per heavy atom. The molecule has 0 radical (unpaired) electrons. The maximum absolute atomic E-state index is 11.6. The lowest BCUT2D eigenvalue weighted by Gasteiger charge is -2.13. The average molecular weight is 290 g/mol. The van der Waals surface area contributed by atoms with Gasteiger partial charge in [0.05, 0.1) is 4.88 Å². The van der Waals surface area contributed by atoms with Crippen LogP contribution in [0.15, 0.2) is 17.5 Å². The van der Waals surface area contributed by atoms with Gasteiger partial charge < -0.3 is 5.32 Å². The highest BCUT2D eigenvalue weighted by molar-refractivity contribution is 9.09. The first kappa shape index (κ1) is 12.7. The highest BCUT2D eigenvalue weighted by Gasteiger charge is 2.09. The molecule has 1 aromatic rings. The van der Waals surface area contributed by atoms with Crippen LogP contribution in [-0.2, 0) is 0 Å². The molecule has 1 atom stereocenters. The summed E-state index contributed by atoms with van der Waals surface area (Å²) >= 11 is 4.91. The van der Waals surface area contributed by atoms with Gasteiger partial charge in [0.25, 0.3) is 5.91 Å². The van der Waals surface area contributed by atoms with Gasteiger partial charge in [0.15, 0.2) is 0 Å².